The number of ether oxygens (including phenoxy) is 1. The molecule has 3 rings (SSSR count). The number of rotatable bonds is 6. The number of methoxy groups -OCH3 is 1. The van der Waals surface area contributed by atoms with E-state index in [0.717, 1.165) is 11.3 Å². The summed E-state index contributed by atoms with van der Waals surface area (Å²) in [5, 5.41) is 12.0. The molecule has 0 saturated heterocycles. The molecule has 0 radical (unpaired) electrons. The number of carbonyl (C=O) groups excluding carboxylic acids is 1. The van der Waals surface area contributed by atoms with E-state index in [1.807, 2.05) is 30.3 Å². The van der Waals surface area contributed by atoms with Gasteiger partial charge in [0.05, 0.1) is 12.7 Å². The van der Waals surface area contributed by atoms with E-state index in [1.165, 1.54) is 24.9 Å². The largest absolute Gasteiger partial charge is 0.496 e. The third kappa shape index (κ3) is 5.47. The maximum absolute atomic E-state index is 12.6. The minimum atomic E-state index is -0.439. The lowest BCUT2D eigenvalue weighted by atomic mass is 10.2. The van der Waals surface area contributed by atoms with Crippen LogP contribution in [0.3, 0.4) is 0 Å². The minimum Gasteiger partial charge on any atom is -0.496 e. The second-order valence-electron chi connectivity index (χ2n) is 5.88. The van der Waals surface area contributed by atoms with Crippen LogP contribution in [0.1, 0.15) is 21.7 Å². The number of benzene rings is 2. The van der Waals surface area contributed by atoms with Gasteiger partial charge >= 0.3 is 0 Å². The molecule has 2 N–H and O–H groups in total. The van der Waals surface area contributed by atoms with Gasteiger partial charge in [-0.2, -0.15) is 0 Å². The van der Waals surface area contributed by atoms with Crippen LogP contribution >= 0.6 is 35.6 Å². The molecule has 0 unspecified atom stereocenters. The highest BCUT2D eigenvalue weighted by Crippen LogP contribution is 2.23. The Kier molecular flexibility index (Phi) is 7.08. The first kappa shape index (κ1) is 21.1. The maximum atomic E-state index is 12.6. The van der Waals surface area contributed by atoms with E-state index in [4.69, 9.17) is 28.6 Å². The molecule has 29 heavy (non-hydrogen) atoms. The summed E-state index contributed by atoms with van der Waals surface area (Å²) in [5.74, 6) is 1.29. The Bertz CT molecular complexity index is 1030. The van der Waals surface area contributed by atoms with E-state index in [2.05, 4.69) is 20.9 Å². The average molecular weight is 448 g/mol. The van der Waals surface area contributed by atoms with Crippen molar-refractivity contribution in [3.8, 4) is 5.75 Å². The second kappa shape index (κ2) is 9.73. The van der Waals surface area contributed by atoms with Gasteiger partial charge in [0, 0.05) is 10.8 Å². The van der Waals surface area contributed by atoms with Crippen LogP contribution in [0.5, 0.6) is 5.75 Å². The molecule has 0 fully saturated rings. The number of hydrogen-bond donors (Lipinski definition) is 2. The Morgan fingerprint density at radius 1 is 1.24 bits per heavy atom. The lowest BCUT2D eigenvalue weighted by Gasteiger charge is -2.14. The molecule has 0 aliphatic heterocycles. The summed E-state index contributed by atoms with van der Waals surface area (Å²) in [6, 6.07) is 14.8. The number of halogens is 1. The molecule has 0 bridgehead atoms. The molecular weight excluding hydrogens is 430 g/mol. The Balaban J connectivity index is 1.67. The van der Waals surface area contributed by atoms with E-state index < -0.39 is 5.91 Å². The van der Waals surface area contributed by atoms with Crippen LogP contribution in [0.15, 0.2) is 53.7 Å². The van der Waals surface area contributed by atoms with Gasteiger partial charge in [0.2, 0.25) is 5.16 Å². The third-order valence-electron chi connectivity index (χ3n) is 3.85. The first-order valence-corrected chi connectivity index (χ1v) is 10.3. The molecule has 0 aliphatic carbocycles. The molecule has 1 heterocycles. The van der Waals surface area contributed by atoms with Crippen molar-refractivity contribution in [1.82, 2.24) is 20.2 Å². The molecule has 7 nitrogen and oxygen atoms in total. The van der Waals surface area contributed by atoms with Gasteiger partial charge < -0.3 is 4.74 Å². The predicted octanol–water partition coefficient (Wildman–Crippen LogP) is 3.80. The zero-order valence-corrected chi connectivity index (χ0v) is 18.1. The molecule has 3 aromatic rings. The van der Waals surface area contributed by atoms with Crippen LogP contribution < -0.4 is 15.5 Å². The molecule has 1 amide bonds. The highest BCUT2D eigenvalue weighted by molar-refractivity contribution is 7.98. The number of aromatic nitrogens is 3. The van der Waals surface area contributed by atoms with Crippen molar-refractivity contribution in [2.45, 2.75) is 17.8 Å². The van der Waals surface area contributed by atoms with Gasteiger partial charge in [-0.15, -0.1) is 10.2 Å². The highest BCUT2D eigenvalue weighted by atomic mass is 35.5. The fourth-order valence-corrected chi connectivity index (χ4v) is 3.69. The minimum absolute atomic E-state index is 0.0986. The van der Waals surface area contributed by atoms with Crippen LogP contribution in [-0.2, 0) is 5.75 Å². The molecule has 1 aromatic heterocycles. The number of nitrogens with zero attached hydrogens (tertiary/aromatic N) is 3. The molecule has 0 atom stereocenters. The zero-order chi connectivity index (χ0) is 20.8. The topological polar surface area (TPSA) is 81.1 Å². The fourth-order valence-electron chi connectivity index (χ4n) is 2.44. The van der Waals surface area contributed by atoms with Crippen molar-refractivity contribution in [3.05, 3.63) is 70.5 Å². The number of amides is 1. The average Bonchev–Trinajstić information content (AvgIpc) is 3.06. The van der Waals surface area contributed by atoms with Gasteiger partial charge in [-0.3, -0.25) is 15.5 Å². The van der Waals surface area contributed by atoms with Gasteiger partial charge in [0.15, 0.2) is 5.11 Å². The molecule has 150 valence electrons. The number of aryl methyl sites for hydroxylation is 1. The summed E-state index contributed by atoms with van der Waals surface area (Å²) in [7, 11) is 1.48. The number of thioether (sulfide) groups is 1. The van der Waals surface area contributed by atoms with Gasteiger partial charge in [-0.1, -0.05) is 53.7 Å². The number of nitrogens with one attached hydrogen (secondary N) is 2. The Morgan fingerprint density at radius 2 is 2.00 bits per heavy atom. The predicted molar refractivity (Wildman–Crippen MR) is 118 cm³/mol. The van der Waals surface area contributed by atoms with Crippen LogP contribution in [0.4, 0.5) is 0 Å². The van der Waals surface area contributed by atoms with E-state index >= 15 is 0 Å². The van der Waals surface area contributed by atoms with Crippen molar-refractivity contribution in [2.24, 2.45) is 0 Å². The zero-order valence-electron chi connectivity index (χ0n) is 15.7. The summed E-state index contributed by atoms with van der Waals surface area (Å²) in [6.07, 6.45) is 0. The van der Waals surface area contributed by atoms with Crippen molar-refractivity contribution < 1.29 is 9.53 Å². The third-order valence-corrected chi connectivity index (χ3v) is 5.28. The SMILES string of the molecule is COc1ccc(Cl)cc1C(=O)NC(=S)Nn1c(C)nnc1SCc1ccccc1. The molecular formula is C19H18ClN5O2S2. The van der Waals surface area contributed by atoms with Crippen molar-refractivity contribution in [1.29, 1.82) is 0 Å². The van der Waals surface area contributed by atoms with Crippen LogP contribution in [0, 0.1) is 6.92 Å². The fraction of sp³-hybridized carbons (Fsp3) is 0.158. The second-order valence-corrected chi connectivity index (χ2v) is 7.67. The Morgan fingerprint density at radius 3 is 2.72 bits per heavy atom. The smallest absolute Gasteiger partial charge is 0.261 e. The molecule has 2 aromatic carbocycles. The Hall–Kier alpha value is -2.62. The molecule has 0 spiro atoms. The first-order chi connectivity index (χ1) is 14.0. The summed E-state index contributed by atoms with van der Waals surface area (Å²) < 4.78 is 6.84. The van der Waals surface area contributed by atoms with Crippen LogP contribution in [0.2, 0.25) is 5.02 Å². The van der Waals surface area contributed by atoms with E-state index in [1.54, 1.807) is 23.7 Å². The quantitative estimate of drug-likeness (QED) is 0.439. The van der Waals surface area contributed by atoms with Gasteiger partial charge in [-0.05, 0) is 42.9 Å². The van der Waals surface area contributed by atoms with Crippen molar-refractivity contribution in [2.75, 3.05) is 12.5 Å². The standard InChI is InChI=1S/C19H18ClN5O2S2/c1-12-22-23-19(29-11-13-6-4-3-5-7-13)25(12)24-18(28)21-17(26)15-10-14(20)8-9-16(15)27-2/h3-10H,11H2,1-2H3,(H2,21,24,26,28). The summed E-state index contributed by atoms with van der Waals surface area (Å²) in [5.41, 5.74) is 4.39. The van der Waals surface area contributed by atoms with Crippen molar-refractivity contribution >= 4 is 46.6 Å². The van der Waals surface area contributed by atoms with Gasteiger partial charge in [-0.25, -0.2) is 4.68 Å². The molecule has 10 heteroatoms. The monoisotopic (exact) mass is 447 g/mol. The van der Waals surface area contributed by atoms with E-state index in [-0.39, 0.29) is 10.7 Å². The lowest BCUT2D eigenvalue weighted by Crippen LogP contribution is -2.38. The molecule has 0 saturated carbocycles. The lowest BCUT2D eigenvalue weighted by molar-refractivity contribution is 0.0974. The van der Waals surface area contributed by atoms with Crippen LogP contribution in [-0.4, -0.2) is 33.0 Å². The Labute approximate surface area is 182 Å². The summed E-state index contributed by atoms with van der Waals surface area (Å²) >= 11 is 12.8. The van der Waals surface area contributed by atoms with E-state index in [0.29, 0.717) is 21.8 Å². The molecule has 0 aliphatic rings. The van der Waals surface area contributed by atoms with Gasteiger partial charge in [0.1, 0.15) is 11.6 Å². The summed E-state index contributed by atoms with van der Waals surface area (Å²) in [4.78, 5) is 12.6. The normalized spacial score (nSPS) is 10.4. The van der Waals surface area contributed by atoms with Crippen molar-refractivity contribution in [3.63, 3.8) is 0 Å². The van der Waals surface area contributed by atoms with Crippen LogP contribution in [0.25, 0.3) is 0 Å². The number of carbonyl (C=O) groups is 1. The van der Waals surface area contributed by atoms with Gasteiger partial charge in [0.25, 0.3) is 5.91 Å². The van der Waals surface area contributed by atoms with E-state index in [9.17, 15) is 4.79 Å². The number of hydrogen-bond acceptors (Lipinski definition) is 6. The number of thiocarbonyl (C=S) groups is 1. The maximum Gasteiger partial charge on any atom is 0.261 e. The first-order valence-electron chi connectivity index (χ1n) is 8.52. The highest BCUT2D eigenvalue weighted by Gasteiger charge is 2.16. The summed E-state index contributed by atoms with van der Waals surface area (Å²) in [6.45, 7) is 1.79.